The summed E-state index contributed by atoms with van der Waals surface area (Å²) in [7, 11) is -1.85. The normalized spacial score (nSPS) is 17.4. The summed E-state index contributed by atoms with van der Waals surface area (Å²) in [5.74, 6) is 1.05. The Bertz CT molecular complexity index is 1030. The summed E-state index contributed by atoms with van der Waals surface area (Å²) in [5.41, 5.74) is 2.19. The number of carbonyl (C=O) groups excluding carboxylic acids is 1. The van der Waals surface area contributed by atoms with Crippen molar-refractivity contribution in [2.24, 2.45) is 0 Å². The van der Waals surface area contributed by atoms with Gasteiger partial charge in [-0.25, -0.2) is 8.42 Å². The topological polar surface area (TPSA) is 84.9 Å². The molecule has 0 radical (unpaired) electrons. The van der Waals surface area contributed by atoms with E-state index in [0.717, 1.165) is 23.1 Å². The minimum Gasteiger partial charge on any atom is -0.487 e. The van der Waals surface area contributed by atoms with Gasteiger partial charge in [0, 0.05) is 19.0 Å². The number of amides is 1. The first-order chi connectivity index (χ1) is 13.9. The Hall–Kier alpha value is -2.74. The van der Waals surface area contributed by atoms with Gasteiger partial charge in [-0.15, -0.1) is 0 Å². The van der Waals surface area contributed by atoms with Crippen molar-refractivity contribution in [2.45, 2.75) is 38.8 Å². The number of aryl methyl sites for hydroxylation is 1. The quantitative estimate of drug-likeness (QED) is 0.758. The summed E-state index contributed by atoms with van der Waals surface area (Å²) < 4.78 is 36.0. The summed E-state index contributed by atoms with van der Waals surface area (Å²) in [6, 6.07) is 12.4. The Morgan fingerprint density at radius 3 is 2.53 bits per heavy atom. The molecule has 0 fully saturated rings. The highest BCUT2D eigenvalue weighted by Gasteiger charge is 2.34. The number of benzene rings is 2. The van der Waals surface area contributed by atoms with Gasteiger partial charge in [-0.1, -0.05) is 12.1 Å². The van der Waals surface area contributed by atoms with Gasteiger partial charge in [0.25, 0.3) is 5.91 Å². The van der Waals surface area contributed by atoms with Crippen LogP contribution in [-0.2, 0) is 14.8 Å². The van der Waals surface area contributed by atoms with Crippen LogP contribution in [0.5, 0.6) is 11.5 Å². The number of hydrogen-bond donors (Lipinski definition) is 1. The molecule has 1 heterocycles. The molecular weight excluding hydrogens is 404 g/mol. The molecule has 1 atom stereocenters. The first kappa shape index (κ1) is 22.0. The van der Waals surface area contributed by atoms with Gasteiger partial charge in [-0.2, -0.15) is 0 Å². The Morgan fingerprint density at radius 2 is 1.90 bits per heavy atom. The summed E-state index contributed by atoms with van der Waals surface area (Å²) in [6.45, 7) is 5.87. The molecule has 8 heteroatoms. The zero-order chi connectivity index (χ0) is 22.1. The lowest BCUT2D eigenvalue weighted by Crippen LogP contribution is -2.42. The van der Waals surface area contributed by atoms with E-state index in [1.54, 1.807) is 24.3 Å². The molecule has 0 spiro atoms. The Balaban J connectivity index is 1.63. The molecular formula is C22H28N2O5S. The van der Waals surface area contributed by atoms with Crippen molar-refractivity contribution in [3.05, 3.63) is 53.6 Å². The minimum absolute atomic E-state index is 0.139. The van der Waals surface area contributed by atoms with E-state index < -0.39 is 10.0 Å². The number of fused-ring (bicyclic) bond motifs is 1. The third-order valence-corrected chi connectivity index (χ3v) is 6.24. The monoisotopic (exact) mass is 432 g/mol. The van der Waals surface area contributed by atoms with Crippen molar-refractivity contribution < 1.29 is 22.7 Å². The number of nitrogens with zero attached hydrogens (tertiary/aromatic N) is 1. The predicted molar refractivity (Wildman–Crippen MR) is 117 cm³/mol. The van der Waals surface area contributed by atoms with E-state index in [4.69, 9.17) is 9.47 Å². The van der Waals surface area contributed by atoms with Gasteiger partial charge < -0.3 is 14.8 Å². The minimum atomic E-state index is -3.33. The highest BCUT2D eigenvalue weighted by atomic mass is 32.2. The molecule has 1 aliphatic heterocycles. The zero-order valence-electron chi connectivity index (χ0n) is 17.9. The number of ether oxygens (including phenoxy) is 2. The lowest BCUT2D eigenvalue weighted by molar-refractivity contribution is -0.124. The number of rotatable bonds is 6. The van der Waals surface area contributed by atoms with Crippen LogP contribution >= 0.6 is 0 Å². The molecule has 0 saturated heterocycles. The van der Waals surface area contributed by atoms with Crippen LogP contribution in [0.15, 0.2) is 42.5 Å². The molecule has 1 N–H and O–H groups in total. The maximum Gasteiger partial charge on any atom is 0.258 e. The van der Waals surface area contributed by atoms with Gasteiger partial charge in [0.1, 0.15) is 17.1 Å². The van der Waals surface area contributed by atoms with Gasteiger partial charge in [-0.05, 0) is 56.7 Å². The lowest BCUT2D eigenvalue weighted by atomic mass is 9.89. The van der Waals surface area contributed by atoms with Crippen molar-refractivity contribution in [1.82, 2.24) is 5.32 Å². The molecule has 0 bridgehead atoms. The molecule has 2 aromatic rings. The SMILES string of the molecule is Cc1ccc2c(c1)OC(C)(C)C[C@H]2NC(=O)COc1ccc(N(C)S(C)(=O)=O)cc1. The van der Waals surface area contributed by atoms with Crippen LogP contribution < -0.4 is 19.1 Å². The fraction of sp³-hybridized carbons (Fsp3) is 0.409. The molecule has 162 valence electrons. The van der Waals surface area contributed by atoms with Crippen LogP contribution in [0.2, 0.25) is 0 Å². The maximum absolute atomic E-state index is 12.5. The summed E-state index contributed by atoms with van der Waals surface area (Å²) in [6.07, 6.45) is 1.79. The predicted octanol–water partition coefficient (Wildman–Crippen LogP) is 3.19. The fourth-order valence-corrected chi connectivity index (χ4v) is 3.92. The van der Waals surface area contributed by atoms with E-state index in [1.165, 1.54) is 11.4 Å². The van der Waals surface area contributed by atoms with Crippen molar-refractivity contribution in [3.63, 3.8) is 0 Å². The number of carbonyl (C=O) groups is 1. The van der Waals surface area contributed by atoms with E-state index in [2.05, 4.69) is 5.32 Å². The van der Waals surface area contributed by atoms with E-state index in [0.29, 0.717) is 17.9 Å². The molecule has 0 saturated carbocycles. The molecule has 30 heavy (non-hydrogen) atoms. The molecule has 3 rings (SSSR count). The van der Waals surface area contributed by atoms with Gasteiger partial charge >= 0.3 is 0 Å². The van der Waals surface area contributed by atoms with Crippen LogP contribution in [0.3, 0.4) is 0 Å². The molecule has 1 amide bonds. The second-order valence-corrected chi connectivity index (χ2v) is 10.3. The largest absolute Gasteiger partial charge is 0.487 e. The third kappa shape index (κ3) is 5.24. The van der Waals surface area contributed by atoms with Crippen molar-refractivity contribution >= 4 is 21.6 Å². The van der Waals surface area contributed by atoms with Crippen molar-refractivity contribution in [2.75, 3.05) is 24.2 Å². The van der Waals surface area contributed by atoms with E-state index >= 15 is 0 Å². The summed E-state index contributed by atoms with van der Waals surface area (Å²) in [5, 5.41) is 3.04. The number of hydrogen-bond acceptors (Lipinski definition) is 5. The zero-order valence-corrected chi connectivity index (χ0v) is 18.7. The molecule has 2 aromatic carbocycles. The molecule has 1 aliphatic rings. The highest BCUT2D eigenvalue weighted by Crippen LogP contribution is 2.39. The van der Waals surface area contributed by atoms with Crippen LogP contribution in [0.1, 0.15) is 37.4 Å². The second-order valence-electron chi connectivity index (χ2n) is 8.24. The van der Waals surface area contributed by atoms with Crippen LogP contribution in [0.4, 0.5) is 5.69 Å². The maximum atomic E-state index is 12.5. The average Bonchev–Trinajstić information content (AvgIpc) is 2.64. The average molecular weight is 433 g/mol. The van der Waals surface area contributed by atoms with Gasteiger partial charge in [0.05, 0.1) is 18.0 Å². The molecule has 0 aromatic heterocycles. The van der Waals surface area contributed by atoms with Gasteiger partial charge in [0.2, 0.25) is 10.0 Å². The highest BCUT2D eigenvalue weighted by molar-refractivity contribution is 7.92. The smallest absolute Gasteiger partial charge is 0.258 e. The van der Waals surface area contributed by atoms with Crippen molar-refractivity contribution in [3.8, 4) is 11.5 Å². The van der Waals surface area contributed by atoms with E-state index in [-0.39, 0.29) is 24.2 Å². The number of sulfonamides is 1. The fourth-order valence-electron chi connectivity index (χ4n) is 3.42. The molecule has 7 nitrogen and oxygen atoms in total. The molecule has 0 aliphatic carbocycles. The van der Waals surface area contributed by atoms with Crippen LogP contribution in [-0.4, -0.2) is 39.8 Å². The van der Waals surface area contributed by atoms with E-state index in [1.807, 2.05) is 39.0 Å². The standard InChI is InChI=1S/C22H28N2O5S/c1-15-6-11-18-19(13-22(2,3)29-20(18)12-15)23-21(25)14-28-17-9-7-16(8-10-17)24(4)30(5,26)27/h6-12,19H,13-14H2,1-5H3,(H,23,25)/t19-/m1/s1. The number of anilines is 1. The molecule has 0 unspecified atom stereocenters. The third-order valence-electron chi connectivity index (χ3n) is 5.03. The first-order valence-corrected chi connectivity index (χ1v) is 11.6. The summed E-state index contributed by atoms with van der Waals surface area (Å²) in [4.78, 5) is 12.5. The Morgan fingerprint density at radius 1 is 1.23 bits per heavy atom. The van der Waals surface area contributed by atoms with Crippen LogP contribution in [0.25, 0.3) is 0 Å². The summed E-state index contributed by atoms with van der Waals surface area (Å²) >= 11 is 0. The van der Waals surface area contributed by atoms with E-state index in [9.17, 15) is 13.2 Å². The van der Waals surface area contributed by atoms with Gasteiger partial charge in [0.15, 0.2) is 6.61 Å². The first-order valence-electron chi connectivity index (χ1n) is 9.70. The number of nitrogens with one attached hydrogen (secondary N) is 1. The Kier molecular flexibility index (Phi) is 5.99. The Labute approximate surface area is 178 Å². The second kappa shape index (κ2) is 8.18. The van der Waals surface area contributed by atoms with Crippen LogP contribution in [0, 0.1) is 6.92 Å². The lowest BCUT2D eigenvalue weighted by Gasteiger charge is -2.38. The van der Waals surface area contributed by atoms with Crippen molar-refractivity contribution in [1.29, 1.82) is 0 Å². The van der Waals surface area contributed by atoms with Gasteiger partial charge in [-0.3, -0.25) is 9.10 Å².